The van der Waals surface area contributed by atoms with Crippen LogP contribution in [0.15, 0.2) is 235 Å². The zero-order valence-corrected chi connectivity index (χ0v) is 34.2. The number of nitrogens with zero attached hydrogens (tertiary/aromatic N) is 2. The van der Waals surface area contributed by atoms with Crippen molar-refractivity contribution in [2.24, 2.45) is 0 Å². The zero-order valence-electron chi connectivity index (χ0n) is 34.2. The highest BCUT2D eigenvalue weighted by Crippen LogP contribution is 2.40. The molecule has 0 aliphatic rings. The van der Waals surface area contributed by atoms with E-state index in [0.717, 1.165) is 61.5 Å². The Morgan fingerprint density at radius 1 is 0.270 bits per heavy atom. The van der Waals surface area contributed by atoms with E-state index < -0.39 is 0 Å². The third-order valence-corrected chi connectivity index (χ3v) is 12.3. The monoisotopic (exact) mass is 802 g/mol. The van der Waals surface area contributed by atoms with E-state index in [0.29, 0.717) is 5.82 Å². The van der Waals surface area contributed by atoms with E-state index in [4.69, 9.17) is 14.4 Å². The molecule has 0 aliphatic carbocycles. The molecule has 0 atom stereocenters. The topological polar surface area (TPSA) is 38.9 Å². The lowest BCUT2D eigenvalue weighted by Gasteiger charge is -2.14. The van der Waals surface area contributed by atoms with E-state index in [-0.39, 0.29) is 0 Å². The van der Waals surface area contributed by atoms with E-state index in [1.54, 1.807) is 0 Å². The summed E-state index contributed by atoms with van der Waals surface area (Å²) in [5.74, 6) is 1.51. The van der Waals surface area contributed by atoms with Crippen molar-refractivity contribution in [3.05, 3.63) is 231 Å². The predicted molar refractivity (Wildman–Crippen MR) is 262 cm³/mol. The van der Waals surface area contributed by atoms with Crippen molar-refractivity contribution in [2.75, 3.05) is 0 Å². The minimum absolute atomic E-state index is 0.684. The summed E-state index contributed by atoms with van der Waals surface area (Å²) in [6.07, 6.45) is 0. The molecule has 0 spiro atoms. The Balaban J connectivity index is 0.838. The quantitative estimate of drug-likeness (QED) is 0.119. The first-order valence-corrected chi connectivity index (χ1v) is 21.4. The molecule has 12 rings (SSSR count). The molecule has 0 saturated carbocycles. The number of aromatic nitrogens is 2. The smallest absolute Gasteiger partial charge is 0.160 e. The Morgan fingerprint density at radius 2 is 0.810 bits per heavy atom. The van der Waals surface area contributed by atoms with Gasteiger partial charge in [0.2, 0.25) is 0 Å². The van der Waals surface area contributed by atoms with Gasteiger partial charge in [0.25, 0.3) is 0 Å². The molecule has 0 aliphatic heterocycles. The first kappa shape index (κ1) is 36.5. The van der Waals surface area contributed by atoms with Crippen LogP contribution in [0.2, 0.25) is 0 Å². The van der Waals surface area contributed by atoms with Crippen LogP contribution in [0.4, 0.5) is 0 Å². The van der Waals surface area contributed by atoms with Crippen LogP contribution in [0.3, 0.4) is 0 Å². The van der Waals surface area contributed by atoms with E-state index in [1.807, 2.05) is 36.4 Å². The molecule has 0 bridgehead atoms. The zero-order chi connectivity index (χ0) is 41.7. The predicted octanol–water partition coefficient (Wildman–Crippen LogP) is 16.4. The summed E-state index contributed by atoms with van der Waals surface area (Å²) in [6, 6.07) is 81.8. The maximum atomic E-state index is 6.23. The van der Waals surface area contributed by atoms with Gasteiger partial charge in [0.15, 0.2) is 5.82 Å². The highest BCUT2D eigenvalue weighted by molar-refractivity contribution is 6.20. The Labute approximate surface area is 365 Å². The van der Waals surface area contributed by atoms with Gasteiger partial charge in [-0.2, -0.15) is 0 Å². The Morgan fingerprint density at radius 3 is 1.51 bits per heavy atom. The van der Waals surface area contributed by atoms with Crippen LogP contribution in [0.5, 0.6) is 0 Å². The molecule has 0 N–H and O–H groups in total. The van der Waals surface area contributed by atoms with Crippen molar-refractivity contribution in [3.63, 3.8) is 0 Å². The highest BCUT2D eigenvalue weighted by Gasteiger charge is 2.15. The Kier molecular flexibility index (Phi) is 8.83. The molecule has 2 aromatic heterocycles. The van der Waals surface area contributed by atoms with Crippen LogP contribution in [0, 0.1) is 0 Å². The molecule has 2 heterocycles. The van der Waals surface area contributed by atoms with Crippen LogP contribution >= 0.6 is 0 Å². The molecular formula is C60H38N2O. The summed E-state index contributed by atoms with van der Waals surface area (Å²) in [6.45, 7) is 0. The van der Waals surface area contributed by atoms with Crippen LogP contribution in [0.25, 0.3) is 122 Å². The van der Waals surface area contributed by atoms with Crippen molar-refractivity contribution >= 4 is 43.3 Å². The van der Waals surface area contributed by atoms with E-state index >= 15 is 0 Å². The first-order chi connectivity index (χ1) is 31.2. The number of rotatable bonds is 7. The summed E-state index contributed by atoms with van der Waals surface area (Å²) in [5.41, 5.74) is 13.8. The molecule has 10 aromatic carbocycles. The number of para-hydroxylation sites is 1. The second kappa shape index (κ2) is 15.3. The minimum Gasteiger partial charge on any atom is -0.456 e. The number of hydrogen-bond acceptors (Lipinski definition) is 3. The average Bonchev–Trinajstić information content (AvgIpc) is 3.81. The summed E-state index contributed by atoms with van der Waals surface area (Å²) in [7, 11) is 0. The fourth-order valence-electron chi connectivity index (χ4n) is 9.06. The number of hydrogen-bond donors (Lipinski definition) is 0. The summed E-state index contributed by atoms with van der Waals surface area (Å²) in [5, 5.41) is 8.71. The molecular weight excluding hydrogens is 765 g/mol. The number of fused-ring (bicyclic) bond motifs is 5. The molecule has 294 valence electrons. The summed E-state index contributed by atoms with van der Waals surface area (Å²) >= 11 is 0. The third-order valence-electron chi connectivity index (χ3n) is 12.3. The van der Waals surface area contributed by atoms with E-state index in [1.165, 1.54) is 54.6 Å². The minimum atomic E-state index is 0.684. The van der Waals surface area contributed by atoms with Gasteiger partial charge in [-0.15, -0.1) is 0 Å². The van der Waals surface area contributed by atoms with Gasteiger partial charge in [0.05, 0.1) is 11.4 Å². The van der Waals surface area contributed by atoms with Gasteiger partial charge in [-0.1, -0.05) is 200 Å². The number of furan rings is 1. The first-order valence-electron chi connectivity index (χ1n) is 21.4. The SMILES string of the molecule is c1ccc(-c2nc(-c3ccc(-c4ccc(-c5ccc(-c6c7ccccc7cc7c6ccc6ccccc67)cc5)cc4)cc3)cc(-c3cccc(-c4cc5ccccc5o4)c3)n2)cc1. The largest absolute Gasteiger partial charge is 0.456 e. The molecule has 12 aromatic rings. The van der Waals surface area contributed by atoms with E-state index in [9.17, 15) is 0 Å². The summed E-state index contributed by atoms with van der Waals surface area (Å²) in [4.78, 5) is 10.2. The van der Waals surface area contributed by atoms with Crippen molar-refractivity contribution in [1.29, 1.82) is 0 Å². The second-order valence-electron chi connectivity index (χ2n) is 16.1. The molecule has 3 nitrogen and oxygen atoms in total. The average molecular weight is 803 g/mol. The lowest BCUT2D eigenvalue weighted by atomic mass is 9.89. The van der Waals surface area contributed by atoms with Crippen LogP contribution in [0.1, 0.15) is 0 Å². The van der Waals surface area contributed by atoms with Gasteiger partial charge in [-0.3, -0.25) is 0 Å². The van der Waals surface area contributed by atoms with Gasteiger partial charge in [-0.25, -0.2) is 9.97 Å². The maximum Gasteiger partial charge on any atom is 0.160 e. The molecule has 0 saturated heterocycles. The van der Waals surface area contributed by atoms with Gasteiger partial charge in [-0.05, 0) is 96.0 Å². The molecule has 0 radical (unpaired) electrons. The van der Waals surface area contributed by atoms with Gasteiger partial charge >= 0.3 is 0 Å². The Hall–Kier alpha value is -8.40. The maximum absolute atomic E-state index is 6.23. The van der Waals surface area contributed by atoms with Gasteiger partial charge in [0, 0.05) is 27.6 Å². The molecule has 0 amide bonds. The lowest BCUT2D eigenvalue weighted by molar-refractivity contribution is 0.631. The van der Waals surface area contributed by atoms with E-state index in [2.05, 4.69) is 194 Å². The molecule has 3 heteroatoms. The normalized spacial score (nSPS) is 11.5. The molecule has 63 heavy (non-hydrogen) atoms. The van der Waals surface area contributed by atoms with Crippen molar-refractivity contribution in [1.82, 2.24) is 9.97 Å². The van der Waals surface area contributed by atoms with Crippen molar-refractivity contribution in [3.8, 4) is 78.6 Å². The molecule has 0 fully saturated rings. The standard InChI is InChI=1S/C60H38N2O/c1-2-12-46(13-3-1)60-61-55(38-56(62-60)48-16-10-17-49(35-48)58-37-50-15-6-9-20-57(50)63-58)44-29-25-41(26-30-44)39-21-23-40(24-22-39)42-27-31-45(32-28-42)59-52-19-8-5-14-47(52)36-54-51-18-7-4-11-43(51)33-34-53(54)59/h1-38H. The van der Waals surface area contributed by atoms with Crippen LogP contribution in [-0.4, -0.2) is 9.97 Å². The third kappa shape index (κ3) is 6.73. The summed E-state index contributed by atoms with van der Waals surface area (Å²) < 4.78 is 6.23. The number of benzene rings is 10. The molecule has 0 unspecified atom stereocenters. The van der Waals surface area contributed by atoms with Crippen LogP contribution in [-0.2, 0) is 0 Å². The second-order valence-corrected chi connectivity index (χ2v) is 16.1. The Bertz CT molecular complexity index is 3610. The van der Waals surface area contributed by atoms with Gasteiger partial charge in [0.1, 0.15) is 11.3 Å². The lowest BCUT2D eigenvalue weighted by Crippen LogP contribution is -1.96. The van der Waals surface area contributed by atoms with Crippen molar-refractivity contribution < 1.29 is 4.42 Å². The highest BCUT2D eigenvalue weighted by atomic mass is 16.3. The van der Waals surface area contributed by atoms with Crippen LogP contribution < -0.4 is 0 Å². The van der Waals surface area contributed by atoms with Gasteiger partial charge < -0.3 is 4.42 Å². The fraction of sp³-hybridized carbons (Fsp3) is 0. The fourth-order valence-corrected chi connectivity index (χ4v) is 9.06. The van der Waals surface area contributed by atoms with Crippen molar-refractivity contribution in [2.45, 2.75) is 0 Å².